The van der Waals surface area contributed by atoms with Gasteiger partial charge in [0, 0.05) is 18.8 Å². The number of ketones is 2. The molecule has 5 heteroatoms. The summed E-state index contributed by atoms with van der Waals surface area (Å²) in [6.07, 6.45) is 4.48. The SMILES string of the molecule is O=C1CCOCC1C(=O)c1cncnc1. The lowest BCUT2D eigenvalue weighted by Crippen LogP contribution is -2.34. The monoisotopic (exact) mass is 206 g/mol. The summed E-state index contributed by atoms with van der Waals surface area (Å²) in [4.78, 5) is 30.8. The van der Waals surface area contributed by atoms with Crippen molar-refractivity contribution in [3.05, 3.63) is 24.3 Å². The molecule has 1 fully saturated rings. The highest BCUT2D eigenvalue weighted by atomic mass is 16.5. The molecule has 78 valence electrons. The van der Waals surface area contributed by atoms with Crippen molar-refractivity contribution >= 4 is 11.6 Å². The number of ether oxygens (including phenoxy) is 1. The average molecular weight is 206 g/mol. The van der Waals surface area contributed by atoms with Crippen molar-refractivity contribution in [3.8, 4) is 0 Å². The summed E-state index contributed by atoms with van der Waals surface area (Å²) >= 11 is 0. The van der Waals surface area contributed by atoms with Crippen LogP contribution in [0, 0.1) is 5.92 Å². The molecule has 1 aromatic rings. The van der Waals surface area contributed by atoms with Crippen molar-refractivity contribution in [3.63, 3.8) is 0 Å². The second-order valence-corrected chi connectivity index (χ2v) is 3.34. The van der Waals surface area contributed by atoms with Crippen molar-refractivity contribution in [2.24, 2.45) is 5.92 Å². The Labute approximate surface area is 86.5 Å². The molecule has 0 radical (unpaired) electrons. The first-order chi connectivity index (χ1) is 7.29. The number of aromatic nitrogens is 2. The van der Waals surface area contributed by atoms with E-state index in [1.54, 1.807) is 0 Å². The van der Waals surface area contributed by atoms with Gasteiger partial charge in [0.2, 0.25) is 0 Å². The molecule has 1 saturated heterocycles. The quantitative estimate of drug-likeness (QED) is 0.513. The molecular formula is C10H10N2O3. The Kier molecular flexibility index (Phi) is 2.82. The highest BCUT2D eigenvalue weighted by Gasteiger charge is 2.30. The average Bonchev–Trinajstić information content (AvgIpc) is 2.30. The normalized spacial score (nSPS) is 21.3. The van der Waals surface area contributed by atoms with Gasteiger partial charge in [-0.2, -0.15) is 0 Å². The molecule has 1 unspecified atom stereocenters. The Hall–Kier alpha value is -1.62. The van der Waals surface area contributed by atoms with E-state index in [-0.39, 0.29) is 18.2 Å². The molecule has 0 saturated carbocycles. The van der Waals surface area contributed by atoms with Gasteiger partial charge in [-0.3, -0.25) is 9.59 Å². The molecule has 1 atom stereocenters. The minimum absolute atomic E-state index is 0.0601. The van der Waals surface area contributed by atoms with Crippen LogP contribution in [0.5, 0.6) is 0 Å². The highest BCUT2D eigenvalue weighted by molar-refractivity contribution is 6.10. The molecule has 0 amide bonds. The summed E-state index contributed by atoms with van der Waals surface area (Å²) in [7, 11) is 0. The van der Waals surface area contributed by atoms with Crippen molar-refractivity contribution in [2.45, 2.75) is 6.42 Å². The maximum Gasteiger partial charge on any atom is 0.178 e. The van der Waals surface area contributed by atoms with E-state index >= 15 is 0 Å². The van der Waals surface area contributed by atoms with E-state index in [4.69, 9.17) is 4.74 Å². The molecule has 2 heterocycles. The van der Waals surface area contributed by atoms with Crippen LogP contribution in [0.1, 0.15) is 16.8 Å². The third-order valence-electron chi connectivity index (χ3n) is 2.33. The standard InChI is InChI=1S/C10H10N2O3/c13-9-1-2-15-5-8(9)10(14)7-3-11-6-12-4-7/h3-4,6,8H,1-2,5H2. The van der Waals surface area contributed by atoms with E-state index in [1.807, 2.05) is 0 Å². The Balaban J connectivity index is 2.17. The number of hydrogen-bond acceptors (Lipinski definition) is 5. The summed E-state index contributed by atoms with van der Waals surface area (Å²) < 4.78 is 5.11. The van der Waals surface area contributed by atoms with Crippen LogP contribution in [0.25, 0.3) is 0 Å². The topological polar surface area (TPSA) is 69.2 Å². The van der Waals surface area contributed by atoms with Gasteiger partial charge in [0.1, 0.15) is 18.0 Å². The summed E-state index contributed by atoms with van der Waals surface area (Å²) in [5.74, 6) is -0.986. The minimum atomic E-state index is -0.676. The van der Waals surface area contributed by atoms with Gasteiger partial charge in [0.15, 0.2) is 5.78 Å². The van der Waals surface area contributed by atoms with E-state index in [2.05, 4.69) is 9.97 Å². The van der Waals surface area contributed by atoms with Crippen LogP contribution in [-0.2, 0) is 9.53 Å². The van der Waals surface area contributed by atoms with Crippen LogP contribution in [-0.4, -0.2) is 34.7 Å². The van der Waals surface area contributed by atoms with E-state index in [0.29, 0.717) is 18.6 Å². The Morgan fingerprint density at radius 2 is 2.13 bits per heavy atom. The molecular weight excluding hydrogens is 196 g/mol. The fourth-order valence-electron chi connectivity index (χ4n) is 1.49. The van der Waals surface area contributed by atoms with Gasteiger partial charge in [-0.05, 0) is 0 Å². The van der Waals surface area contributed by atoms with Crippen molar-refractivity contribution < 1.29 is 14.3 Å². The summed E-state index contributed by atoms with van der Waals surface area (Å²) in [6, 6.07) is 0. The first kappa shape index (κ1) is 9.92. The maximum absolute atomic E-state index is 11.8. The predicted molar refractivity (Wildman–Crippen MR) is 50.3 cm³/mol. The van der Waals surface area contributed by atoms with Crippen LogP contribution in [0.4, 0.5) is 0 Å². The molecule has 1 aromatic heterocycles. The summed E-state index contributed by atoms with van der Waals surface area (Å²) in [5.41, 5.74) is 0.362. The second-order valence-electron chi connectivity index (χ2n) is 3.34. The number of carbonyl (C=O) groups is 2. The zero-order valence-corrected chi connectivity index (χ0v) is 8.05. The fraction of sp³-hybridized carbons (Fsp3) is 0.400. The second kappa shape index (κ2) is 4.27. The first-order valence-electron chi connectivity index (χ1n) is 4.68. The number of rotatable bonds is 2. The number of Topliss-reactive ketones (excluding diaryl/α,β-unsaturated/α-hetero) is 2. The van der Waals surface area contributed by atoms with Crippen molar-refractivity contribution in [2.75, 3.05) is 13.2 Å². The lowest BCUT2D eigenvalue weighted by molar-refractivity contribution is -0.128. The van der Waals surface area contributed by atoms with Gasteiger partial charge in [-0.1, -0.05) is 0 Å². The molecule has 0 aromatic carbocycles. The third-order valence-corrected chi connectivity index (χ3v) is 2.33. The zero-order valence-electron chi connectivity index (χ0n) is 8.05. The zero-order chi connectivity index (χ0) is 10.7. The summed E-state index contributed by atoms with van der Waals surface area (Å²) in [5, 5.41) is 0. The van der Waals surface area contributed by atoms with Crippen LogP contribution in [0.2, 0.25) is 0 Å². The molecule has 1 aliphatic rings. The number of carbonyl (C=O) groups excluding carboxylic acids is 2. The van der Waals surface area contributed by atoms with Gasteiger partial charge in [0.25, 0.3) is 0 Å². The molecule has 0 N–H and O–H groups in total. The lowest BCUT2D eigenvalue weighted by Gasteiger charge is -2.19. The van der Waals surface area contributed by atoms with Gasteiger partial charge < -0.3 is 4.74 Å². The molecule has 1 aliphatic heterocycles. The molecule has 2 rings (SSSR count). The van der Waals surface area contributed by atoms with E-state index in [9.17, 15) is 9.59 Å². The van der Waals surface area contributed by atoms with Crippen LogP contribution < -0.4 is 0 Å². The largest absolute Gasteiger partial charge is 0.380 e. The third kappa shape index (κ3) is 2.07. The van der Waals surface area contributed by atoms with Crippen molar-refractivity contribution in [1.29, 1.82) is 0 Å². The summed E-state index contributed by atoms with van der Waals surface area (Å²) in [6.45, 7) is 0.584. The Morgan fingerprint density at radius 3 is 2.80 bits per heavy atom. The molecule has 0 bridgehead atoms. The van der Waals surface area contributed by atoms with Crippen LogP contribution in [0.3, 0.4) is 0 Å². The maximum atomic E-state index is 11.8. The smallest absolute Gasteiger partial charge is 0.178 e. The Bertz CT molecular complexity index is 378. The minimum Gasteiger partial charge on any atom is -0.380 e. The highest BCUT2D eigenvalue weighted by Crippen LogP contribution is 2.14. The molecule has 5 nitrogen and oxygen atoms in total. The molecule has 0 aliphatic carbocycles. The van der Waals surface area contributed by atoms with Gasteiger partial charge in [-0.25, -0.2) is 9.97 Å². The Morgan fingerprint density at radius 1 is 1.40 bits per heavy atom. The first-order valence-corrected chi connectivity index (χ1v) is 4.68. The lowest BCUT2D eigenvalue weighted by atomic mass is 9.93. The molecule has 0 spiro atoms. The fourth-order valence-corrected chi connectivity index (χ4v) is 1.49. The van der Waals surface area contributed by atoms with E-state index in [0.717, 1.165) is 0 Å². The van der Waals surface area contributed by atoms with Crippen molar-refractivity contribution in [1.82, 2.24) is 9.97 Å². The number of nitrogens with zero attached hydrogens (tertiary/aromatic N) is 2. The van der Waals surface area contributed by atoms with Gasteiger partial charge in [-0.15, -0.1) is 0 Å². The van der Waals surface area contributed by atoms with Gasteiger partial charge >= 0.3 is 0 Å². The van der Waals surface area contributed by atoms with E-state index in [1.165, 1.54) is 18.7 Å². The van der Waals surface area contributed by atoms with Crippen LogP contribution in [0.15, 0.2) is 18.7 Å². The molecule has 15 heavy (non-hydrogen) atoms. The van der Waals surface area contributed by atoms with Crippen LogP contribution >= 0.6 is 0 Å². The van der Waals surface area contributed by atoms with Gasteiger partial charge in [0.05, 0.1) is 18.8 Å². The predicted octanol–water partition coefficient (Wildman–Crippen LogP) is 0.265. The van der Waals surface area contributed by atoms with E-state index < -0.39 is 5.92 Å². The number of hydrogen-bond donors (Lipinski definition) is 0.